The Bertz CT molecular complexity index is 1530. The minimum Gasteiger partial charge on any atom is -0.493 e. The normalized spacial score (nSPS) is 11.7. The van der Waals surface area contributed by atoms with E-state index in [1.807, 2.05) is 79.7 Å². The van der Waals surface area contributed by atoms with Gasteiger partial charge in [-0.2, -0.15) is 0 Å². The van der Waals surface area contributed by atoms with E-state index in [9.17, 15) is 4.79 Å². The van der Waals surface area contributed by atoms with Crippen LogP contribution in [0.25, 0.3) is 22.2 Å². The summed E-state index contributed by atoms with van der Waals surface area (Å²) in [5, 5.41) is 3.15. The van der Waals surface area contributed by atoms with Crippen LogP contribution in [0.15, 0.2) is 103 Å². The van der Waals surface area contributed by atoms with Gasteiger partial charge >= 0.3 is 0 Å². The maximum atomic E-state index is 13.0. The summed E-state index contributed by atoms with van der Waals surface area (Å²) in [6, 6.07) is 33.9. The predicted molar refractivity (Wildman–Crippen MR) is 155 cm³/mol. The van der Waals surface area contributed by atoms with E-state index in [2.05, 4.69) is 40.2 Å². The molecule has 0 aliphatic heterocycles. The van der Waals surface area contributed by atoms with Crippen molar-refractivity contribution in [1.82, 2.24) is 14.9 Å². The van der Waals surface area contributed by atoms with Crippen LogP contribution < -0.4 is 14.8 Å². The molecule has 1 amide bonds. The monoisotopic (exact) mass is 519 g/mol. The Morgan fingerprint density at radius 3 is 2.28 bits per heavy atom. The molecule has 0 saturated carbocycles. The first-order valence-electron chi connectivity index (χ1n) is 13.3. The molecular weight excluding hydrogens is 486 g/mol. The maximum Gasteiger partial charge on any atom is 0.224 e. The van der Waals surface area contributed by atoms with Gasteiger partial charge in [0.25, 0.3) is 0 Å². The van der Waals surface area contributed by atoms with Gasteiger partial charge in [0, 0.05) is 6.54 Å². The summed E-state index contributed by atoms with van der Waals surface area (Å²) >= 11 is 0. The number of hydrogen-bond acceptors (Lipinski definition) is 4. The van der Waals surface area contributed by atoms with E-state index in [0.29, 0.717) is 19.6 Å². The number of nitrogens with zero attached hydrogens (tertiary/aromatic N) is 2. The number of aryl methyl sites for hydroxylation is 1. The van der Waals surface area contributed by atoms with Crippen molar-refractivity contribution in [3.63, 3.8) is 0 Å². The number of aromatic nitrogens is 2. The van der Waals surface area contributed by atoms with E-state index < -0.39 is 0 Å². The number of para-hydroxylation sites is 4. The van der Waals surface area contributed by atoms with E-state index in [4.69, 9.17) is 14.5 Å². The Balaban J connectivity index is 1.23. The largest absolute Gasteiger partial charge is 0.493 e. The second-order valence-electron chi connectivity index (χ2n) is 9.49. The fourth-order valence-corrected chi connectivity index (χ4v) is 4.79. The summed E-state index contributed by atoms with van der Waals surface area (Å²) in [4.78, 5) is 17.8. The van der Waals surface area contributed by atoms with Crippen molar-refractivity contribution in [2.75, 3.05) is 13.7 Å². The zero-order valence-electron chi connectivity index (χ0n) is 22.3. The molecule has 6 nitrogen and oxygen atoms in total. The van der Waals surface area contributed by atoms with Gasteiger partial charge in [0.2, 0.25) is 5.91 Å². The minimum absolute atomic E-state index is 0.0342. The fraction of sp³-hybridized carbons (Fsp3) is 0.212. The Labute approximate surface area is 229 Å². The maximum absolute atomic E-state index is 13.0. The highest BCUT2D eigenvalue weighted by atomic mass is 16.5. The van der Waals surface area contributed by atoms with Gasteiger partial charge in [-0.05, 0) is 54.3 Å². The number of methoxy groups -OCH3 is 1. The van der Waals surface area contributed by atoms with Crippen molar-refractivity contribution >= 4 is 16.9 Å². The molecule has 1 aromatic heterocycles. The summed E-state index contributed by atoms with van der Waals surface area (Å²) in [6.07, 6.45) is 1.09. The molecule has 0 spiro atoms. The van der Waals surface area contributed by atoms with Gasteiger partial charge in [-0.3, -0.25) is 4.79 Å². The quantitative estimate of drug-likeness (QED) is 0.200. The van der Waals surface area contributed by atoms with Crippen LogP contribution in [0.3, 0.4) is 0 Å². The van der Waals surface area contributed by atoms with Crippen LogP contribution in [0.5, 0.6) is 11.5 Å². The molecule has 39 heavy (non-hydrogen) atoms. The molecule has 5 aromatic rings. The van der Waals surface area contributed by atoms with E-state index in [-0.39, 0.29) is 11.9 Å². The molecule has 0 radical (unpaired) electrons. The molecule has 1 unspecified atom stereocenters. The van der Waals surface area contributed by atoms with Crippen molar-refractivity contribution in [3.05, 3.63) is 115 Å². The molecule has 1 N–H and O–H groups in total. The van der Waals surface area contributed by atoms with Crippen LogP contribution in [0.1, 0.15) is 30.8 Å². The number of hydrogen-bond donors (Lipinski definition) is 1. The second-order valence-corrected chi connectivity index (χ2v) is 9.49. The number of ether oxygens (including phenoxy) is 2. The van der Waals surface area contributed by atoms with Crippen LogP contribution in [0.2, 0.25) is 0 Å². The molecule has 0 fully saturated rings. The Morgan fingerprint density at radius 2 is 1.51 bits per heavy atom. The number of amides is 1. The number of fused-ring (bicyclic) bond motifs is 1. The number of carbonyl (C=O) groups is 1. The number of carbonyl (C=O) groups excluding carboxylic acids is 1. The molecular formula is C33H33N3O3. The number of nitrogens with one attached hydrogen (secondary N) is 1. The van der Waals surface area contributed by atoms with Gasteiger partial charge in [-0.15, -0.1) is 0 Å². The summed E-state index contributed by atoms with van der Waals surface area (Å²) < 4.78 is 13.5. The molecule has 0 aliphatic carbocycles. The highest BCUT2D eigenvalue weighted by Gasteiger charge is 2.18. The summed E-state index contributed by atoms with van der Waals surface area (Å²) in [6.45, 7) is 3.23. The Morgan fingerprint density at radius 1 is 0.846 bits per heavy atom. The third-order valence-electron chi connectivity index (χ3n) is 6.73. The lowest BCUT2D eigenvalue weighted by Crippen LogP contribution is -2.30. The van der Waals surface area contributed by atoms with Gasteiger partial charge < -0.3 is 19.4 Å². The first kappa shape index (κ1) is 26.0. The van der Waals surface area contributed by atoms with Gasteiger partial charge in [0.15, 0.2) is 11.5 Å². The molecule has 0 saturated heterocycles. The van der Waals surface area contributed by atoms with Crippen LogP contribution in [-0.4, -0.2) is 29.2 Å². The fourth-order valence-electron chi connectivity index (χ4n) is 4.79. The van der Waals surface area contributed by atoms with E-state index in [0.717, 1.165) is 51.5 Å². The van der Waals surface area contributed by atoms with Crippen LogP contribution >= 0.6 is 0 Å². The Kier molecular flexibility index (Phi) is 8.22. The highest BCUT2D eigenvalue weighted by Crippen LogP contribution is 2.26. The van der Waals surface area contributed by atoms with Crippen molar-refractivity contribution in [1.29, 1.82) is 0 Å². The first-order chi connectivity index (χ1) is 19.1. The third-order valence-corrected chi connectivity index (χ3v) is 6.73. The van der Waals surface area contributed by atoms with Gasteiger partial charge in [0.05, 0.1) is 37.2 Å². The van der Waals surface area contributed by atoms with E-state index in [1.165, 1.54) is 0 Å². The summed E-state index contributed by atoms with van der Waals surface area (Å²) in [7, 11) is 1.64. The second kappa shape index (κ2) is 12.3. The SMILES string of the molecule is COc1ccccc1OCCCn1c(C(C)NC(=O)Cc2ccc(-c3ccccc3)cc2)nc2ccccc21. The van der Waals surface area contributed by atoms with Crippen LogP contribution in [0.4, 0.5) is 0 Å². The van der Waals surface area contributed by atoms with Gasteiger partial charge in [-0.25, -0.2) is 4.98 Å². The lowest BCUT2D eigenvalue weighted by molar-refractivity contribution is -0.121. The van der Waals surface area contributed by atoms with E-state index >= 15 is 0 Å². The molecule has 6 heteroatoms. The molecule has 0 bridgehead atoms. The minimum atomic E-state index is -0.247. The predicted octanol–water partition coefficient (Wildman–Crippen LogP) is 6.60. The average Bonchev–Trinajstić information content (AvgIpc) is 3.35. The van der Waals surface area contributed by atoms with E-state index in [1.54, 1.807) is 7.11 Å². The third kappa shape index (κ3) is 6.29. The average molecular weight is 520 g/mol. The first-order valence-corrected chi connectivity index (χ1v) is 13.3. The summed E-state index contributed by atoms with van der Waals surface area (Å²) in [5.41, 5.74) is 5.23. The smallest absolute Gasteiger partial charge is 0.224 e. The van der Waals surface area contributed by atoms with Gasteiger partial charge in [-0.1, -0.05) is 78.9 Å². The topological polar surface area (TPSA) is 65.4 Å². The van der Waals surface area contributed by atoms with Crippen molar-refractivity contribution in [2.24, 2.45) is 0 Å². The zero-order chi connectivity index (χ0) is 27.0. The Hall–Kier alpha value is -4.58. The molecule has 1 heterocycles. The summed E-state index contributed by atoms with van der Waals surface area (Å²) in [5.74, 6) is 2.25. The van der Waals surface area contributed by atoms with Crippen molar-refractivity contribution in [2.45, 2.75) is 32.4 Å². The van der Waals surface area contributed by atoms with Crippen molar-refractivity contribution < 1.29 is 14.3 Å². The van der Waals surface area contributed by atoms with Crippen LogP contribution in [-0.2, 0) is 17.8 Å². The molecule has 5 rings (SSSR count). The van der Waals surface area contributed by atoms with Gasteiger partial charge in [0.1, 0.15) is 5.82 Å². The zero-order valence-corrected chi connectivity index (χ0v) is 22.3. The molecule has 4 aromatic carbocycles. The lowest BCUT2D eigenvalue weighted by Gasteiger charge is -2.17. The molecule has 198 valence electrons. The molecule has 1 atom stereocenters. The number of imidazole rings is 1. The highest BCUT2D eigenvalue weighted by molar-refractivity contribution is 5.80. The lowest BCUT2D eigenvalue weighted by atomic mass is 10.0. The number of benzene rings is 4. The standard InChI is InChI=1S/C33H33N3O3/c1-24(34-32(37)23-25-17-19-27(20-18-25)26-11-4-3-5-12-26)33-35-28-13-6-7-14-29(28)36(33)21-10-22-39-31-16-9-8-15-30(31)38-2/h3-9,11-20,24H,10,21-23H2,1-2H3,(H,34,37). The van der Waals surface area contributed by atoms with Crippen LogP contribution in [0, 0.1) is 0 Å². The van der Waals surface area contributed by atoms with Crippen molar-refractivity contribution in [3.8, 4) is 22.6 Å². The number of rotatable bonds is 11. The molecule has 0 aliphatic rings.